The van der Waals surface area contributed by atoms with Gasteiger partial charge in [0.1, 0.15) is 11.6 Å². The third-order valence-electron chi connectivity index (χ3n) is 5.75. The van der Waals surface area contributed by atoms with Crippen LogP contribution in [0.4, 0.5) is 10.2 Å². The lowest BCUT2D eigenvalue weighted by molar-refractivity contribution is 0.0728. The van der Waals surface area contributed by atoms with Crippen molar-refractivity contribution in [2.24, 2.45) is 0 Å². The maximum atomic E-state index is 14.4. The fourth-order valence-electron chi connectivity index (χ4n) is 3.95. The Morgan fingerprint density at radius 3 is 2.71 bits per heavy atom. The van der Waals surface area contributed by atoms with Gasteiger partial charge in [-0.1, -0.05) is 6.07 Å². The fraction of sp³-hybridized carbons (Fsp3) is 0.120. The first-order valence-corrected chi connectivity index (χ1v) is 10.6. The van der Waals surface area contributed by atoms with Gasteiger partial charge in [-0.3, -0.25) is 9.78 Å². The topological polar surface area (TPSA) is 121 Å². The average Bonchev–Trinajstić information content (AvgIpc) is 3.19. The zero-order valence-electron chi connectivity index (χ0n) is 18.3. The zero-order valence-corrected chi connectivity index (χ0v) is 18.3. The predicted octanol–water partition coefficient (Wildman–Crippen LogP) is 3.67. The van der Waals surface area contributed by atoms with Gasteiger partial charge in [0.2, 0.25) is 0 Å². The molecule has 0 atom stereocenters. The highest BCUT2D eigenvalue weighted by Crippen LogP contribution is 2.22. The first-order chi connectivity index (χ1) is 16.4. The number of carbonyl (C=O) groups is 1. The van der Waals surface area contributed by atoms with Gasteiger partial charge in [-0.25, -0.2) is 14.2 Å². The van der Waals surface area contributed by atoms with Crippen molar-refractivity contribution in [2.45, 2.75) is 20.0 Å². The molecule has 5 rings (SSSR count). The molecule has 0 fully saturated rings. The highest BCUT2D eigenvalue weighted by molar-refractivity contribution is 5.98. The number of nitrogens with two attached hydrogens (primary N) is 1. The third-order valence-corrected chi connectivity index (χ3v) is 5.75. The summed E-state index contributed by atoms with van der Waals surface area (Å²) >= 11 is 0. The number of H-pyrrole nitrogens is 2. The van der Waals surface area contributed by atoms with Crippen molar-refractivity contribution >= 4 is 33.7 Å². The summed E-state index contributed by atoms with van der Waals surface area (Å²) < 4.78 is 14.4. The van der Waals surface area contributed by atoms with Gasteiger partial charge in [0.15, 0.2) is 0 Å². The molecule has 1 amide bonds. The molecule has 0 aliphatic carbocycles. The van der Waals surface area contributed by atoms with E-state index < -0.39 is 5.82 Å². The number of hydrogen-bond acceptors (Lipinski definition) is 5. The molecule has 5 aromatic rings. The van der Waals surface area contributed by atoms with Crippen LogP contribution in [0.2, 0.25) is 0 Å². The fourth-order valence-corrected chi connectivity index (χ4v) is 3.95. The van der Waals surface area contributed by atoms with Crippen LogP contribution in [0, 0.1) is 12.7 Å². The van der Waals surface area contributed by atoms with Crippen LogP contribution in [0.15, 0.2) is 65.7 Å². The zero-order chi connectivity index (χ0) is 23.8. The number of halogens is 1. The molecule has 0 radical (unpaired) electrons. The minimum Gasteiger partial charge on any atom is -0.383 e. The van der Waals surface area contributed by atoms with Crippen LogP contribution in [0.5, 0.6) is 0 Å². The van der Waals surface area contributed by atoms with E-state index in [4.69, 9.17) is 5.73 Å². The summed E-state index contributed by atoms with van der Waals surface area (Å²) in [5, 5.41) is 0.791. The van der Waals surface area contributed by atoms with E-state index in [0.29, 0.717) is 33.5 Å². The molecule has 4 N–H and O–H groups in total. The number of nitrogen functional groups attached to an aromatic ring is 1. The van der Waals surface area contributed by atoms with Gasteiger partial charge in [0.05, 0.1) is 22.7 Å². The van der Waals surface area contributed by atoms with E-state index in [2.05, 4.69) is 19.9 Å². The quantitative estimate of drug-likeness (QED) is 0.373. The maximum Gasteiger partial charge on any atom is 0.323 e. The number of aromatic amines is 2. The normalized spacial score (nSPS) is 11.2. The van der Waals surface area contributed by atoms with E-state index in [1.807, 2.05) is 19.1 Å². The van der Waals surface area contributed by atoms with E-state index in [0.717, 1.165) is 22.7 Å². The predicted molar refractivity (Wildman–Crippen MR) is 128 cm³/mol. The third kappa shape index (κ3) is 4.11. The largest absolute Gasteiger partial charge is 0.383 e. The first kappa shape index (κ1) is 21.3. The number of anilines is 1. The number of aromatic nitrogens is 4. The number of aryl methyl sites for hydroxylation is 1. The Morgan fingerprint density at radius 1 is 1.06 bits per heavy atom. The summed E-state index contributed by atoms with van der Waals surface area (Å²) in [5.41, 5.74) is 10.0. The van der Waals surface area contributed by atoms with Crippen LogP contribution in [0.3, 0.4) is 0 Å². The Morgan fingerprint density at radius 2 is 1.88 bits per heavy atom. The number of nitrogens with zero attached hydrogens (tertiary/aromatic N) is 3. The van der Waals surface area contributed by atoms with Gasteiger partial charge in [0, 0.05) is 35.8 Å². The van der Waals surface area contributed by atoms with Crippen molar-refractivity contribution in [1.29, 1.82) is 0 Å². The first-order valence-electron chi connectivity index (χ1n) is 10.6. The molecule has 0 aliphatic rings. The number of imidazole rings is 1. The molecule has 3 heterocycles. The minimum atomic E-state index is -0.487. The summed E-state index contributed by atoms with van der Waals surface area (Å²) in [4.78, 5) is 40.4. The summed E-state index contributed by atoms with van der Waals surface area (Å²) in [6.45, 7) is 2.11. The highest BCUT2D eigenvalue weighted by Gasteiger charge is 2.19. The number of rotatable bonds is 5. The molecule has 34 heavy (non-hydrogen) atoms. The number of hydrogen-bond donors (Lipinski definition) is 3. The summed E-state index contributed by atoms with van der Waals surface area (Å²) in [6.07, 6.45) is 2.62. The molecule has 0 saturated carbocycles. The van der Waals surface area contributed by atoms with Crippen molar-refractivity contribution in [3.05, 3.63) is 99.5 Å². The Labute approximate surface area is 193 Å². The van der Waals surface area contributed by atoms with E-state index in [9.17, 15) is 14.0 Å². The maximum absolute atomic E-state index is 14.4. The molecule has 0 aliphatic heterocycles. The lowest BCUT2D eigenvalue weighted by Gasteiger charge is -2.23. The second kappa shape index (κ2) is 8.43. The lowest BCUT2D eigenvalue weighted by Crippen LogP contribution is -2.30. The highest BCUT2D eigenvalue weighted by atomic mass is 19.1. The van der Waals surface area contributed by atoms with Crippen LogP contribution in [-0.4, -0.2) is 30.7 Å². The van der Waals surface area contributed by atoms with Gasteiger partial charge >= 0.3 is 5.69 Å². The van der Waals surface area contributed by atoms with E-state index in [-0.39, 0.29) is 24.7 Å². The van der Waals surface area contributed by atoms with Crippen LogP contribution in [-0.2, 0) is 13.1 Å². The van der Waals surface area contributed by atoms with E-state index in [1.165, 1.54) is 6.20 Å². The smallest absolute Gasteiger partial charge is 0.323 e. The Bertz CT molecular complexity index is 1610. The molecule has 2 aromatic carbocycles. The van der Waals surface area contributed by atoms with Crippen molar-refractivity contribution in [3.8, 4) is 0 Å². The lowest BCUT2D eigenvalue weighted by atomic mass is 10.1. The monoisotopic (exact) mass is 456 g/mol. The van der Waals surface area contributed by atoms with Gasteiger partial charge in [-0.2, -0.15) is 0 Å². The molecule has 0 bridgehead atoms. The van der Waals surface area contributed by atoms with Crippen LogP contribution in [0.25, 0.3) is 21.9 Å². The second-order valence-electron chi connectivity index (χ2n) is 8.19. The average molecular weight is 456 g/mol. The number of pyridine rings is 2. The number of amides is 1. The number of nitrogens with one attached hydrogen (secondary N) is 2. The van der Waals surface area contributed by atoms with Crippen molar-refractivity contribution in [3.63, 3.8) is 0 Å². The van der Waals surface area contributed by atoms with Gasteiger partial charge in [-0.15, -0.1) is 0 Å². The minimum absolute atomic E-state index is 0.0476. The van der Waals surface area contributed by atoms with Gasteiger partial charge in [0.25, 0.3) is 5.91 Å². The molecule has 0 spiro atoms. The Hall–Kier alpha value is -4.53. The van der Waals surface area contributed by atoms with Crippen molar-refractivity contribution in [1.82, 2.24) is 24.8 Å². The molecule has 9 heteroatoms. The molecular formula is C25H21FN6O2. The number of fused-ring (bicyclic) bond motifs is 2. The summed E-state index contributed by atoms with van der Waals surface area (Å²) in [5.74, 6) is -0.311. The van der Waals surface area contributed by atoms with Crippen LogP contribution >= 0.6 is 0 Å². The molecule has 170 valence electrons. The number of carbonyl (C=O) groups excluding carboxylic acids is 1. The standard InChI is InChI=1S/C25H21FN6O2/c1-14-8-18-10-16(3-5-20(18)29-23(14)27)24(33)32(13-17-6-7-28-11-19(17)26)12-15-2-4-21-22(9-15)31-25(34)30-21/h2-11H,12-13H2,1H3,(H2,27,29)(H2,30,31,34). The summed E-state index contributed by atoms with van der Waals surface area (Å²) in [7, 11) is 0. The second-order valence-corrected chi connectivity index (χ2v) is 8.19. The van der Waals surface area contributed by atoms with Crippen LogP contribution in [0.1, 0.15) is 27.0 Å². The van der Waals surface area contributed by atoms with Crippen molar-refractivity contribution in [2.75, 3.05) is 5.73 Å². The summed E-state index contributed by atoms with van der Waals surface area (Å²) in [6, 6.07) is 14.0. The Balaban J connectivity index is 1.52. The van der Waals surface area contributed by atoms with Crippen molar-refractivity contribution < 1.29 is 9.18 Å². The molecule has 8 nitrogen and oxygen atoms in total. The van der Waals surface area contributed by atoms with E-state index >= 15 is 0 Å². The molecule has 3 aromatic heterocycles. The van der Waals surface area contributed by atoms with Gasteiger partial charge in [-0.05, 0) is 60.5 Å². The van der Waals surface area contributed by atoms with E-state index in [1.54, 1.807) is 41.3 Å². The Kier molecular flexibility index (Phi) is 5.29. The molecule has 0 saturated heterocycles. The molecular weight excluding hydrogens is 435 g/mol. The molecule has 0 unspecified atom stereocenters. The SMILES string of the molecule is Cc1cc2cc(C(=O)N(Cc3ccc4[nH]c(=O)[nH]c4c3)Cc3ccncc3F)ccc2nc1N. The van der Waals surface area contributed by atoms with Gasteiger partial charge < -0.3 is 20.6 Å². The van der Waals surface area contributed by atoms with Crippen LogP contribution < -0.4 is 11.4 Å². The number of benzene rings is 2.